The topological polar surface area (TPSA) is 102 Å². The zero-order valence-corrected chi connectivity index (χ0v) is 19.6. The normalized spacial score (nSPS) is 15.2. The van der Waals surface area contributed by atoms with Crippen molar-refractivity contribution in [3.8, 4) is 10.6 Å². The number of thiazole rings is 1. The molecule has 34 heavy (non-hydrogen) atoms. The Bertz CT molecular complexity index is 1030. The second-order valence-corrected chi connectivity index (χ2v) is 8.74. The number of carbonyl (C=O) groups is 2. The Morgan fingerprint density at radius 3 is 2.56 bits per heavy atom. The summed E-state index contributed by atoms with van der Waals surface area (Å²) < 4.78 is 41.0. The molecule has 0 aromatic carbocycles. The summed E-state index contributed by atoms with van der Waals surface area (Å²) in [5, 5.41) is 7.45. The van der Waals surface area contributed by atoms with Crippen LogP contribution < -0.4 is 21.4 Å². The molecule has 3 heterocycles. The number of piperazine rings is 1. The van der Waals surface area contributed by atoms with Crippen LogP contribution in [0.15, 0.2) is 12.3 Å². The number of pyridine rings is 1. The van der Waals surface area contributed by atoms with Gasteiger partial charge in [-0.3, -0.25) is 15.0 Å². The monoisotopic (exact) mass is 495 g/mol. The SMILES string of the molecule is [B]c1cnc(NC(=O)NCC)cc1-c1nc(C(F)(F)F)c(C(=O)NCCN2CCN(C)CC2)s1. The van der Waals surface area contributed by atoms with Crippen molar-refractivity contribution >= 4 is 42.4 Å². The van der Waals surface area contributed by atoms with Gasteiger partial charge in [-0.1, -0.05) is 5.46 Å². The first kappa shape index (κ1) is 25.9. The summed E-state index contributed by atoms with van der Waals surface area (Å²) in [6, 6.07) is 0.791. The number of urea groups is 1. The molecule has 2 aromatic rings. The molecule has 1 aliphatic rings. The Morgan fingerprint density at radius 1 is 1.21 bits per heavy atom. The fourth-order valence-corrected chi connectivity index (χ4v) is 4.34. The van der Waals surface area contributed by atoms with E-state index in [9.17, 15) is 22.8 Å². The van der Waals surface area contributed by atoms with Gasteiger partial charge in [-0.2, -0.15) is 13.2 Å². The van der Waals surface area contributed by atoms with Crippen LogP contribution in [0, 0.1) is 0 Å². The summed E-state index contributed by atoms with van der Waals surface area (Å²) in [4.78, 5) is 35.8. The fourth-order valence-electron chi connectivity index (χ4n) is 3.30. The van der Waals surface area contributed by atoms with Gasteiger partial charge in [-0.25, -0.2) is 14.8 Å². The molecular weight excluding hydrogens is 470 g/mol. The summed E-state index contributed by atoms with van der Waals surface area (Å²) in [5.41, 5.74) is -1.08. The van der Waals surface area contributed by atoms with Crippen molar-refractivity contribution in [2.24, 2.45) is 0 Å². The molecule has 3 rings (SSSR count). The number of hydrogen-bond donors (Lipinski definition) is 3. The number of nitrogens with one attached hydrogen (secondary N) is 3. The van der Waals surface area contributed by atoms with E-state index in [2.05, 4.69) is 35.7 Å². The van der Waals surface area contributed by atoms with E-state index in [4.69, 9.17) is 7.85 Å². The Morgan fingerprint density at radius 2 is 1.91 bits per heavy atom. The molecule has 0 aliphatic carbocycles. The van der Waals surface area contributed by atoms with E-state index in [1.165, 1.54) is 12.3 Å². The molecule has 0 saturated carbocycles. The minimum absolute atomic E-state index is 0.0611. The van der Waals surface area contributed by atoms with Crippen molar-refractivity contribution in [2.45, 2.75) is 13.1 Å². The van der Waals surface area contributed by atoms with E-state index in [0.29, 0.717) is 24.4 Å². The van der Waals surface area contributed by atoms with Gasteiger partial charge >= 0.3 is 12.2 Å². The van der Waals surface area contributed by atoms with Crippen molar-refractivity contribution in [3.63, 3.8) is 0 Å². The third-order valence-electron chi connectivity index (χ3n) is 5.16. The lowest BCUT2D eigenvalue weighted by Gasteiger charge is -2.32. The van der Waals surface area contributed by atoms with Crippen LogP contribution in [-0.2, 0) is 6.18 Å². The van der Waals surface area contributed by atoms with Crippen LogP contribution in [0.1, 0.15) is 22.3 Å². The molecular formula is C20H25BF3N7O2S. The summed E-state index contributed by atoms with van der Waals surface area (Å²) in [6.07, 6.45) is -3.62. The molecule has 0 bridgehead atoms. The number of amides is 3. The maximum atomic E-state index is 13.7. The number of carbonyl (C=O) groups excluding carboxylic acids is 2. The van der Waals surface area contributed by atoms with Gasteiger partial charge < -0.3 is 15.5 Å². The van der Waals surface area contributed by atoms with Gasteiger partial charge in [0.15, 0.2) is 5.69 Å². The van der Waals surface area contributed by atoms with Crippen LogP contribution in [0.25, 0.3) is 10.6 Å². The average Bonchev–Trinajstić information content (AvgIpc) is 3.23. The first-order valence-corrected chi connectivity index (χ1v) is 11.5. The lowest BCUT2D eigenvalue weighted by atomic mass is 9.93. The highest BCUT2D eigenvalue weighted by Crippen LogP contribution is 2.37. The van der Waals surface area contributed by atoms with Crippen LogP contribution >= 0.6 is 11.3 Å². The van der Waals surface area contributed by atoms with Crippen molar-refractivity contribution in [2.75, 3.05) is 58.2 Å². The third-order valence-corrected chi connectivity index (χ3v) is 6.24. The first-order valence-electron chi connectivity index (χ1n) is 10.7. The van der Waals surface area contributed by atoms with Gasteiger partial charge in [0.25, 0.3) is 5.91 Å². The summed E-state index contributed by atoms with van der Waals surface area (Å²) in [7, 11) is 7.93. The molecule has 9 nitrogen and oxygen atoms in total. The molecule has 182 valence electrons. The lowest BCUT2D eigenvalue weighted by molar-refractivity contribution is -0.141. The fraction of sp³-hybridized carbons (Fsp3) is 0.500. The van der Waals surface area contributed by atoms with Crippen molar-refractivity contribution in [1.82, 2.24) is 30.4 Å². The Balaban J connectivity index is 1.78. The molecule has 1 fully saturated rings. The Hall–Kier alpha value is -2.71. The van der Waals surface area contributed by atoms with Gasteiger partial charge in [0, 0.05) is 57.6 Å². The molecule has 0 atom stereocenters. The molecule has 2 radical (unpaired) electrons. The highest BCUT2D eigenvalue weighted by molar-refractivity contribution is 7.17. The van der Waals surface area contributed by atoms with Gasteiger partial charge in [-0.05, 0) is 20.0 Å². The van der Waals surface area contributed by atoms with E-state index in [1.54, 1.807) is 6.92 Å². The predicted octanol–water partition coefficient (Wildman–Crippen LogP) is 1.14. The number of rotatable bonds is 7. The molecule has 1 aliphatic heterocycles. The molecule has 1 saturated heterocycles. The average molecular weight is 495 g/mol. The quantitative estimate of drug-likeness (QED) is 0.498. The third kappa shape index (κ3) is 6.67. The first-order chi connectivity index (χ1) is 16.1. The van der Waals surface area contributed by atoms with Crippen LogP contribution in [0.5, 0.6) is 0 Å². The van der Waals surface area contributed by atoms with Gasteiger partial charge in [0.2, 0.25) is 0 Å². The zero-order valence-electron chi connectivity index (χ0n) is 18.8. The maximum Gasteiger partial charge on any atom is 0.435 e. The van der Waals surface area contributed by atoms with Gasteiger partial charge in [0.05, 0.1) is 0 Å². The smallest absolute Gasteiger partial charge is 0.350 e. The number of anilines is 1. The zero-order chi connectivity index (χ0) is 24.9. The van der Waals surface area contributed by atoms with Crippen LogP contribution in [0.4, 0.5) is 23.8 Å². The van der Waals surface area contributed by atoms with Gasteiger partial charge in [0.1, 0.15) is 23.5 Å². The molecule has 3 amide bonds. The summed E-state index contributed by atoms with van der Waals surface area (Å²) >= 11 is 0.586. The predicted molar refractivity (Wildman–Crippen MR) is 125 cm³/mol. The number of likely N-dealkylation sites (N-methyl/N-ethyl adjacent to an activating group) is 1. The Labute approximate surface area is 200 Å². The number of nitrogens with zero attached hydrogens (tertiary/aromatic N) is 4. The molecule has 2 aromatic heterocycles. The van der Waals surface area contributed by atoms with E-state index in [1.807, 2.05) is 7.05 Å². The number of hydrogen-bond acceptors (Lipinski definition) is 7. The second kappa shape index (κ2) is 11.1. The largest absolute Gasteiger partial charge is 0.435 e. The minimum Gasteiger partial charge on any atom is -0.350 e. The summed E-state index contributed by atoms with van der Waals surface area (Å²) in [6.45, 7) is 6.32. The molecule has 14 heteroatoms. The van der Waals surface area contributed by atoms with Crippen molar-refractivity contribution in [1.29, 1.82) is 0 Å². The van der Waals surface area contributed by atoms with Crippen molar-refractivity contribution in [3.05, 3.63) is 22.8 Å². The number of halogens is 3. The van der Waals surface area contributed by atoms with Gasteiger partial charge in [-0.15, -0.1) is 11.3 Å². The lowest BCUT2D eigenvalue weighted by Crippen LogP contribution is -2.46. The van der Waals surface area contributed by atoms with E-state index in [-0.39, 0.29) is 28.4 Å². The minimum atomic E-state index is -4.83. The van der Waals surface area contributed by atoms with Crippen LogP contribution in [0.3, 0.4) is 0 Å². The molecule has 3 N–H and O–H groups in total. The maximum absolute atomic E-state index is 13.7. The standard InChI is InChI=1S/C20H25BF3N7O2S/c1-3-25-19(33)28-14-10-12(13(21)11-27-14)18-29-16(20(22,23)24)15(34-18)17(32)26-4-5-31-8-6-30(2)7-9-31/h10-11H,3-9H2,1-2H3,(H,26,32)(H2,25,27,28,33). The highest BCUT2D eigenvalue weighted by Gasteiger charge is 2.40. The number of alkyl halides is 3. The van der Waals surface area contributed by atoms with E-state index >= 15 is 0 Å². The molecule has 0 unspecified atom stereocenters. The van der Waals surface area contributed by atoms with E-state index in [0.717, 1.165) is 26.2 Å². The van der Waals surface area contributed by atoms with Crippen LogP contribution in [-0.4, -0.2) is 92.4 Å². The molecule has 0 spiro atoms. The van der Waals surface area contributed by atoms with Crippen molar-refractivity contribution < 1.29 is 22.8 Å². The second-order valence-electron chi connectivity index (χ2n) is 7.74. The van der Waals surface area contributed by atoms with Crippen LogP contribution in [0.2, 0.25) is 0 Å². The highest BCUT2D eigenvalue weighted by atomic mass is 32.1. The van der Waals surface area contributed by atoms with E-state index < -0.39 is 28.7 Å². The Kier molecular flexibility index (Phi) is 8.49. The summed E-state index contributed by atoms with van der Waals surface area (Å²) in [5.74, 6) is -0.768. The number of aromatic nitrogens is 2.